The lowest BCUT2D eigenvalue weighted by molar-refractivity contribution is -0.121. The maximum Gasteiger partial charge on any atom is 0.220 e. The van der Waals surface area contributed by atoms with Crippen LogP contribution in [0, 0.1) is 5.92 Å². The van der Waals surface area contributed by atoms with Crippen LogP contribution in [0.25, 0.3) is 0 Å². The van der Waals surface area contributed by atoms with Gasteiger partial charge >= 0.3 is 0 Å². The number of rotatable bonds is 11. The van der Waals surface area contributed by atoms with E-state index in [-0.39, 0.29) is 5.91 Å². The molecule has 0 aliphatic heterocycles. The van der Waals surface area contributed by atoms with Gasteiger partial charge in [0.15, 0.2) is 0 Å². The predicted molar refractivity (Wildman–Crippen MR) is 102 cm³/mol. The molecule has 0 saturated carbocycles. The second kappa shape index (κ2) is 13.2. The summed E-state index contributed by atoms with van der Waals surface area (Å²) in [4.78, 5) is 11.6. The number of carbonyl (C=O) groups is 1. The highest BCUT2D eigenvalue weighted by molar-refractivity contribution is 5.75. The van der Waals surface area contributed by atoms with Crippen molar-refractivity contribution in [1.29, 1.82) is 0 Å². The van der Waals surface area contributed by atoms with Crippen molar-refractivity contribution in [3.8, 4) is 0 Å². The molecule has 0 aromatic heterocycles. The van der Waals surface area contributed by atoms with Gasteiger partial charge in [0.05, 0.1) is 0 Å². The lowest BCUT2D eigenvalue weighted by Crippen LogP contribution is -2.23. The molecule has 0 fully saturated rings. The van der Waals surface area contributed by atoms with Crippen LogP contribution < -0.4 is 5.32 Å². The van der Waals surface area contributed by atoms with Gasteiger partial charge in [0.2, 0.25) is 5.91 Å². The van der Waals surface area contributed by atoms with Crippen LogP contribution >= 0.6 is 0 Å². The summed E-state index contributed by atoms with van der Waals surface area (Å²) < 4.78 is 0. The van der Waals surface area contributed by atoms with Gasteiger partial charge in [0, 0.05) is 13.0 Å². The molecular weight excluding hydrogens is 282 g/mol. The van der Waals surface area contributed by atoms with Crippen LogP contribution in [0.15, 0.2) is 34.9 Å². The van der Waals surface area contributed by atoms with E-state index in [2.05, 4.69) is 65.1 Å². The van der Waals surface area contributed by atoms with Crippen molar-refractivity contribution in [2.24, 2.45) is 5.92 Å². The molecular formula is C21H37NO. The van der Waals surface area contributed by atoms with E-state index >= 15 is 0 Å². The first kappa shape index (κ1) is 21.7. The maximum absolute atomic E-state index is 11.6. The first-order valence-electron chi connectivity index (χ1n) is 9.02. The summed E-state index contributed by atoms with van der Waals surface area (Å²) in [6.07, 6.45) is 12.8. The molecule has 0 radical (unpaired) electrons. The molecule has 132 valence electrons. The SMILES string of the molecule is CC(C)=CCC/C(C)=C/CC/C(C)=C/CNC(=O)CCC(C)C. The van der Waals surface area contributed by atoms with Gasteiger partial charge < -0.3 is 5.32 Å². The van der Waals surface area contributed by atoms with Crippen molar-refractivity contribution in [2.45, 2.75) is 80.1 Å². The highest BCUT2D eigenvalue weighted by Gasteiger charge is 2.01. The first-order valence-corrected chi connectivity index (χ1v) is 9.02. The van der Waals surface area contributed by atoms with Gasteiger partial charge in [-0.25, -0.2) is 0 Å². The van der Waals surface area contributed by atoms with Gasteiger partial charge in [-0.2, -0.15) is 0 Å². The summed E-state index contributed by atoms with van der Waals surface area (Å²) in [5.41, 5.74) is 4.21. The fourth-order valence-corrected chi connectivity index (χ4v) is 2.19. The van der Waals surface area contributed by atoms with Gasteiger partial charge in [-0.05, 0) is 65.7 Å². The number of hydrogen-bond donors (Lipinski definition) is 1. The van der Waals surface area contributed by atoms with Crippen molar-refractivity contribution in [3.63, 3.8) is 0 Å². The third-order valence-corrected chi connectivity index (χ3v) is 3.82. The Kier molecular flexibility index (Phi) is 12.4. The molecule has 0 aromatic carbocycles. The number of carbonyl (C=O) groups excluding carboxylic acids is 1. The largest absolute Gasteiger partial charge is 0.353 e. The third-order valence-electron chi connectivity index (χ3n) is 3.82. The minimum Gasteiger partial charge on any atom is -0.353 e. The van der Waals surface area contributed by atoms with Crippen LogP contribution in [0.1, 0.15) is 80.1 Å². The second-order valence-electron chi connectivity index (χ2n) is 7.20. The van der Waals surface area contributed by atoms with E-state index in [9.17, 15) is 4.79 Å². The molecule has 0 unspecified atom stereocenters. The quantitative estimate of drug-likeness (QED) is 0.468. The van der Waals surface area contributed by atoms with E-state index in [4.69, 9.17) is 0 Å². The van der Waals surface area contributed by atoms with Gasteiger partial charge in [0.1, 0.15) is 0 Å². The van der Waals surface area contributed by atoms with E-state index in [1.54, 1.807) is 0 Å². The summed E-state index contributed by atoms with van der Waals surface area (Å²) in [6.45, 7) is 13.6. The minimum atomic E-state index is 0.165. The van der Waals surface area contributed by atoms with Crippen molar-refractivity contribution >= 4 is 5.91 Å². The molecule has 2 heteroatoms. The fraction of sp³-hybridized carbons (Fsp3) is 0.667. The first-order chi connectivity index (χ1) is 10.8. The molecule has 1 N–H and O–H groups in total. The Morgan fingerprint density at radius 3 is 2.00 bits per heavy atom. The average molecular weight is 320 g/mol. The number of allylic oxidation sites excluding steroid dienone is 5. The molecule has 0 heterocycles. The van der Waals surface area contributed by atoms with Crippen molar-refractivity contribution in [1.82, 2.24) is 5.32 Å². The highest BCUT2D eigenvalue weighted by Crippen LogP contribution is 2.11. The molecule has 0 rings (SSSR count). The highest BCUT2D eigenvalue weighted by atomic mass is 16.1. The van der Waals surface area contributed by atoms with Crippen molar-refractivity contribution in [3.05, 3.63) is 34.9 Å². The van der Waals surface area contributed by atoms with Crippen LogP contribution in [0.4, 0.5) is 0 Å². The Morgan fingerprint density at radius 1 is 0.870 bits per heavy atom. The van der Waals surface area contributed by atoms with Gasteiger partial charge in [-0.3, -0.25) is 4.79 Å². The van der Waals surface area contributed by atoms with Crippen LogP contribution in [-0.4, -0.2) is 12.5 Å². The number of amides is 1. The normalized spacial score (nSPS) is 12.5. The zero-order valence-corrected chi connectivity index (χ0v) is 16.2. The van der Waals surface area contributed by atoms with Crippen molar-refractivity contribution < 1.29 is 4.79 Å². The summed E-state index contributed by atoms with van der Waals surface area (Å²) in [6, 6.07) is 0. The summed E-state index contributed by atoms with van der Waals surface area (Å²) in [5.74, 6) is 0.752. The molecule has 0 atom stereocenters. The fourth-order valence-electron chi connectivity index (χ4n) is 2.19. The molecule has 0 aromatic rings. The van der Waals surface area contributed by atoms with Gasteiger partial charge in [-0.15, -0.1) is 0 Å². The maximum atomic E-state index is 11.6. The van der Waals surface area contributed by atoms with Crippen LogP contribution in [-0.2, 0) is 4.79 Å². The lowest BCUT2D eigenvalue weighted by Gasteiger charge is -2.05. The molecule has 0 bridgehead atoms. The van der Waals surface area contributed by atoms with Gasteiger partial charge in [0.25, 0.3) is 0 Å². The van der Waals surface area contributed by atoms with E-state index in [0.29, 0.717) is 18.9 Å². The molecule has 2 nitrogen and oxygen atoms in total. The van der Waals surface area contributed by atoms with E-state index in [1.807, 2.05) is 0 Å². The molecule has 0 spiro atoms. The van der Waals surface area contributed by atoms with Crippen LogP contribution in [0.2, 0.25) is 0 Å². The Bertz CT molecular complexity index is 423. The van der Waals surface area contributed by atoms with Crippen LogP contribution in [0.3, 0.4) is 0 Å². The number of hydrogen-bond acceptors (Lipinski definition) is 1. The Morgan fingerprint density at radius 2 is 1.43 bits per heavy atom. The smallest absolute Gasteiger partial charge is 0.220 e. The summed E-state index contributed by atoms with van der Waals surface area (Å²) in [7, 11) is 0. The van der Waals surface area contributed by atoms with E-state index in [1.165, 1.54) is 16.7 Å². The lowest BCUT2D eigenvalue weighted by atomic mass is 10.1. The molecule has 0 aliphatic carbocycles. The zero-order valence-electron chi connectivity index (χ0n) is 16.2. The molecule has 1 amide bonds. The van der Waals surface area contributed by atoms with Crippen molar-refractivity contribution in [2.75, 3.05) is 6.54 Å². The van der Waals surface area contributed by atoms with Crippen LogP contribution in [0.5, 0.6) is 0 Å². The standard InChI is InChI=1S/C21H37NO/c1-17(2)9-7-10-19(5)11-8-12-20(6)15-16-22-21(23)14-13-18(3)4/h9,11,15,18H,7-8,10,12-14,16H2,1-6H3,(H,22,23)/b19-11+,20-15+. The summed E-state index contributed by atoms with van der Waals surface area (Å²) in [5, 5.41) is 2.97. The minimum absolute atomic E-state index is 0.165. The molecule has 0 saturated heterocycles. The van der Waals surface area contributed by atoms with E-state index < -0.39 is 0 Å². The Balaban J connectivity index is 3.89. The zero-order chi connectivity index (χ0) is 17.7. The predicted octanol–water partition coefficient (Wildman–Crippen LogP) is 5.96. The van der Waals surface area contributed by atoms with Gasteiger partial charge in [-0.1, -0.05) is 48.8 Å². The summed E-state index contributed by atoms with van der Waals surface area (Å²) >= 11 is 0. The Labute approximate surface area is 144 Å². The topological polar surface area (TPSA) is 29.1 Å². The molecule has 0 aliphatic rings. The Hall–Kier alpha value is -1.31. The monoisotopic (exact) mass is 319 g/mol. The third kappa shape index (κ3) is 15.4. The molecule has 23 heavy (non-hydrogen) atoms. The van der Waals surface area contributed by atoms with E-state index in [0.717, 1.165) is 32.1 Å². The number of nitrogens with one attached hydrogen (secondary N) is 1. The second-order valence-corrected chi connectivity index (χ2v) is 7.20. The average Bonchev–Trinajstić information content (AvgIpc) is 2.44.